The lowest BCUT2D eigenvalue weighted by Crippen LogP contribution is -2.12. The van der Waals surface area contributed by atoms with Gasteiger partial charge in [-0.25, -0.2) is 0 Å². The molecule has 0 fully saturated rings. The van der Waals surface area contributed by atoms with Crippen LogP contribution in [0, 0.1) is 0 Å². The number of hydrogen-bond donors (Lipinski definition) is 0. The Bertz CT molecular complexity index is 415. The number of methoxy groups -OCH3 is 1. The van der Waals surface area contributed by atoms with Crippen LogP contribution in [-0.2, 0) is 17.8 Å². The molecule has 0 spiro atoms. The predicted octanol–water partition coefficient (Wildman–Crippen LogP) is 2.56. The summed E-state index contributed by atoms with van der Waals surface area (Å²) in [4.78, 5) is 2.27. The highest BCUT2D eigenvalue weighted by Gasteiger charge is 2.18. The third kappa shape index (κ3) is 2.80. The Morgan fingerprint density at radius 1 is 1.29 bits per heavy atom. The van der Waals surface area contributed by atoms with Gasteiger partial charge in [-0.2, -0.15) is 0 Å². The second-order valence-electron chi connectivity index (χ2n) is 4.36. The summed E-state index contributed by atoms with van der Waals surface area (Å²) in [6, 6.07) is 6.28. The van der Waals surface area contributed by atoms with E-state index < -0.39 is 0 Å². The van der Waals surface area contributed by atoms with E-state index in [1.165, 1.54) is 11.1 Å². The van der Waals surface area contributed by atoms with E-state index in [4.69, 9.17) is 9.47 Å². The van der Waals surface area contributed by atoms with E-state index >= 15 is 0 Å². The van der Waals surface area contributed by atoms with Gasteiger partial charge in [-0.05, 0) is 30.2 Å². The summed E-state index contributed by atoms with van der Waals surface area (Å²) in [6.45, 7) is 9.14. The average molecular weight is 233 g/mol. The molecule has 1 aromatic rings. The molecule has 0 saturated carbocycles. The van der Waals surface area contributed by atoms with E-state index in [9.17, 15) is 0 Å². The molecule has 1 aromatic carbocycles. The molecule has 3 heteroatoms. The molecule has 0 atom stereocenters. The van der Waals surface area contributed by atoms with Crippen LogP contribution < -0.4 is 4.74 Å². The van der Waals surface area contributed by atoms with Gasteiger partial charge in [0.1, 0.15) is 12.4 Å². The molecule has 1 heterocycles. The standard InChI is InChI=1S/C14H19NO2/c1-11(2)15-9-12-4-5-14(8-13(12)10-15)17-7-6-16-3/h4-5,8H,1,6-7,9-10H2,2-3H3. The zero-order valence-corrected chi connectivity index (χ0v) is 10.5. The molecule has 0 bridgehead atoms. The van der Waals surface area contributed by atoms with Crippen LogP contribution in [0.4, 0.5) is 0 Å². The van der Waals surface area contributed by atoms with Crippen LogP contribution in [0.15, 0.2) is 30.5 Å². The maximum absolute atomic E-state index is 5.60. The van der Waals surface area contributed by atoms with Crippen molar-refractivity contribution in [2.45, 2.75) is 20.0 Å². The highest BCUT2D eigenvalue weighted by atomic mass is 16.5. The van der Waals surface area contributed by atoms with Gasteiger partial charge in [0, 0.05) is 25.9 Å². The maximum Gasteiger partial charge on any atom is 0.119 e. The summed E-state index contributed by atoms with van der Waals surface area (Å²) in [5, 5.41) is 0. The zero-order chi connectivity index (χ0) is 12.3. The number of allylic oxidation sites excluding steroid dienone is 1. The lowest BCUT2D eigenvalue weighted by Gasteiger charge is -2.16. The highest BCUT2D eigenvalue weighted by molar-refractivity contribution is 5.38. The lowest BCUT2D eigenvalue weighted by atomic mass is 10.1. The van der Waals surface area contributed by atoms with Crippen LogP contribution in [0.1, 0.15) is 18.1 Å². The van der Waals surface area contributed by atoms with E-state index in [0.29, 0.717) is 13.2 Å². The lowest BCUT2D eigenvalue weighted by molar-refractivity contribution is 0.146. The number of fused-ring (bicyclic) bond motifs is 1. The summed E-state index contributed by atoms with van der Waals surface area (Å²) < 4.78 is 10.6. The van der Waals surface area contributed by atoms with Gasteiger partial charge in [0.15, 0.2) is 0 Å². The Morgan fingerprint density at radius 2 is 2.06 bits per heavy atom. The van der Waals surface area contributed by atoms with Gasteiger partial charge in [-0.15, -0.1) is 0 Å². The summed E-state index contributed by atoms with van der Waals surface area (Å²) in [5.74, 6) is 0.921. The molecule has 0 radical (unpaired) electrons. The fourth-order valence-electron chi connectivity index (χ4n) is 1.97. The van der Waals surface area contributed by atoms with E-state index in [-0.39, 0.29) is 0 Å². The predicted molar refractivity (Wildman–Crippen MR) is 67.9 cm³/mol. The first-order valence-corrected chi connectivity index (χ1v) is 5.84. The molecular weight excluding hydrogens is 214 g/mol. The molecule has 0 aromatic heterocycles. The molecule has 0 aliphatic carbocycles. The molecule has 0 amide bonds. The number of hydrogen-bond acceptors (Lipinski definition) is 3. The Balaban J connectivity index is 2.02. The molecule has 0 unspecified atom stereocenters. The molecule has 1 aliphatic heterocycles. The third-order valence-corrected chi connectivity index (χ3v) is 3.00. The molecule has 1 aliphatic rings. The van der Waals surface area contributed by atoms with Crippen molar-refractivity contribution in [2.75, 3.05) is 20.3 Å². The van der Waals surface area contributed by atoms with Gasteiger partial charge in [0.2, 0.25) is 0 Å². The fraction of sp³-hybridized carbons (Fsp3) is 0.429. The molecule has 92 valence electrons. The number of ether oxygens (including phenoxy) is 2. The molecule has 0 saturated heterocycles. The summed E-state index contributed by atoms with van der Waals surface area (Å²) >= 11 is 0. The molecule has 0 N–H and O–H groups in total. The zero-order valence-electron chi connectivity index (χ0n) is 10.5. The number of rotatable bonds is 5. The Kier molecular flexibility index (Phi) is 3.69. The number of benzene rings is 1. The van der Waals surface area contributed by atoms with Gasteiger partial charge >= 0.3 is 0 Å². The first kappa shape index (κ1) is 12.0. The molecule has 2 rings (SSSR count). The van der Waals surface area contributed by atoms with Crippen molar-refractivity contribution in [2.24, 2.45) is 0 Å². The average Bonchev–Trinajstić information content (AvgIpc) is 2.72. The fourth-order valence-corrected chi connectivity index (χ4v) is 1.97. The van der Waals surface area contributed by atoms with Crippen molar-refractivity contribution in [1.29, 1.82) is 0 Å². The quantitative estimate of drug-likeness (QED) is 0.730. The van der Waals surface area contributed by atoms with Crippen LogP contribution in [0.3, 0.4) is 0 Å². The van der Waals surface area contributed by atoms with E-state index in [1.807, 2.05) is 13.0 Å². The SMILES string of the molecule is C=C(C)N1Cc2ccc(OCCOC)cc2C1. The maximum atomic E-state index is 5.60. The Labute approximate surface area is 103 Å². The van der Waals surface area contributed by atoms with E-state index in [2.05, 4.69) is 23.6 Å². The van der Waals surface area contributed by atoms with Crippen LogP contribution in [0.25, 0.3) is 0 Å². The monoisotopic (exact) mass is 233 g/mol. The highest BCUT2D eigenvalue weighted by Crippen LogP contribution is 2.28. The minimum atomic E-state index is 0.597. The van der Waals surface area contributed by atoms with E-state index in [0.717, 1.165) is 24.5 Å². The summed E-state index contributed by atoms with van der Waals surface area (Å²) in [5.41, 5.74) is 3.82. The van der Waals surface area contributed by atoms with Crippen molar-refractivity contribution in [3.8, 4) is 5.75 Å². The van der Waals surface area contributed by atoms with Crippen LogP contribution in [0.2, 0.25) is 0 Å². The minimum Gasteiger partial charge on any atom is -0.491 e. The van der Waals surface area contributed by atoms with Crippen LogP contribution in [-0.4, -0.2) is 25.2 Å². The van der Waals surface area contributed by atoms with Gasteiger partial charge in [0.25, 0.3) is 0 Å². The van der Waals surface area contributed by atoms with Gasteiger partial charge in [-0.1, -0.05) is 12.6 Å². The normalized spacial score (nSPS) is 13.6. The molecule has 3 nitrogen and oxygen atoms in total. The summed E-state index contributed by atoms with van der Waals surface area (Å²) in [7, 11) is 1.68. The van der Waals surface area contributed by atoms with Crippen molar-refractivity contribution in [3.63, 3.8) is 0 Å². The van der Waals surface area contributed by atoms with Crippen molar-refractivity contribution >= 4 is 0 Å². The third-order valence-electron chi connectivity index (χ3n) is 3.00. The smallest absolute Gasteiger partial charge is 0.119 e. The van der Waals surface area contributed by atoms with E-state index in [1.54, 1.807) is 7.11 Å². The summed E-state index contributed by atoms with van der Waals surface area (Å²) in [6.07, 6.45) is 0. The van der Waals surface area contributed by atoms with Crippen LogP contribution in [0.5, 0.6) is 5.75 Å². The number of nitrogens with zero attached hydrogens (tertiary/aromatic N) is 1. The van der Waals surface area contributed by atoms with Crippen molar-refractivity contribution < 1.29 is 9.47 Å². The van der Waals surface area contributed by atoms with Gasteiger partial charge in [0.05, 0.1) is 6.61 Å². The van der Waals surface area contributed by atoms with Crippen molar-refractivity contribution in [1.82, 2.24) is 4.90 Å². The van der Waals surface area contributed by atoms with Gasteiger partial charge in [-0.3, -0.25) is 0 Å². The molecule has 17 heavy (non-hydrogen) atoms. The Morgan fingerprint density at radius 3 is 2.76 bits per heavy atom. The van der Waals surface area contributed by atoms with Crippen LogP contribution >= 0.6 is 0 Å². The molecular formula is C14H19NO2. The first-order valence-electron chi connectivity index (χ1n) is 5.84. The topological polar surface area (TPSA) is 21.7 Å². The van der Waals surface area contributed by atoms with Crippen molar-refractivity contribution in [3.05, 3.63) is 41.6 Å². The first-order chi connectivity index (χ1) is 8.20. The van der Waals surface area contributed by atoms with Gasteiger partial charge < -0.3 is 14.4 Å². The second-order valence-corrected chi connectivity index (χ2v) is 4.36. The Hall–Kier alpha value is -1.48. The largest absolute Gasteiger partial charge is 0.491 e. The minimum absolute atomic E-state index is 0.597. The second kappa shape index (κ2) is 5.23.